The van der Waals surface area contributed by atoms with Gasteiger partial charge in [0.25, 0.3) is 0 Å². The first-order valence-electron chi connectivity index (χ1n) is 8.28. The van der Waals surface area contributed by atoms with Gasteiger partial charge in [0.05, 0.1) is 19.6 Å². The lowest BCUT2D eigenvalue weighted by Crippen LogP contribution is -2.37. The third kappa shape index (κ3) is 5.35. The largest absolute Gasteiger partial charge is 0.497 e. The van der Waals surface area contributed by atoms with E-state index in [1.807, 2.05) is 56.3 Å². The zero-order valence-electron chi connectivity index (χ0n) is 14.8. The summed E-state index contributed by atoms with van der Waals surface area (Å²) in [5.74, 6) is 0.107. The summed E-state index contributed by atoms with van der Waals surface area (Å²) in [4.78, 5) is 24.6. The molecule has 132 valence electrons. The molecular weight excluding hydrogens is 316 g/mol. The Bertz CT molecular complexity index is 697. The van der Waals surface area contributed by atoms with Crippen LogP contribution in [0.5, 0.6) is 5.75 Å². The van der Waals surface area contributed by atoms with Crippen molar-refractivity contribution in [1.82, 2.24) is 5.32 Å². The highest BCUT2D eigenvalue weighted by Gasteiger charge is 2.24. The van der Waals surface area contributed by atoms with Crippen molar-refractivity contribution >= 4 is 17.5 Å². The van der Waals surface area contributed by atoms with E-state index >= 15 is 0 Å². The molecule has 0 aromatic heterocycles. The van der Waals surface area contributed by atoms with Crippen molar-refractivity contribution in [2.24, 2.45) is 5.92 Å². The van der Waals surface area contributed by atoms with Gasteiger partial charge in [-0.25, -0.2) is 0 Å². The lowest BCUT2D eigenvalue weighted by Gasteiger charge is -2.21. The molecule has 0 saturated heterocycles. The van der Waals surface area contributed by atoms with Crippen LogP contribution in [0.25, 0.3) is 0 Å². The molecule has 0 spiro atoms. The molecule has 0 aliphatic carbocycles. The van der Waals surface area contributed by atoms with Crippen LogP contribution >= 0.6 is 0 Å². The monoisotopic (exact) mass is 340 g/mol. The maximum Gasteiger partial charge on any atom is 0.243 e. The van der Waals surface area contributed by atoms with E-state index in [2.05, 4.69) is 10.6 Å². The van der Waals surface area contributed by atoms with Crippen molar-refractivity contribution in [2.45, 2.75) is 19.8 Å². The van der Waals surface area contributed by atoms with E-state index in [0.29, 0.717) is 5.69 Å². The van der Waals surface area contributed by atoms with Gasteiger partial charge in [0.15, 0.2) is 0 Å². The van der Waals surface area contributed by atoms with Crippen LogP contribution in [0.3, 0.4) is 0 Å². The fourth-order valence-corrected chi connectivity index (χ4v) is 2.65. The number of carbonyl (C=O) groups excluding carboxylic acids is 2. The fourth-order valence-electron chi connectivity index (χ4n) is 2.65. The molecular formula is C20H24N2O3. The predicted octanol–water partition coefficient (Wildman–Crippen LogP) is 3.19. The summed E-state index contributed by atoms with van der Waals surface area (Å²) in [5.41, 5.74) is 1.61. The number of rotatable bonds is 7. The molecule has 2 N–H and O–H groups in total. The summed E-state index contributed by atoms with van der Waals surface area (Å²) in [6.45, 7) is 3.91. The Balaban J connectivity index is 1.96. The summed E-state index contributed by atoms with van der Waals surface area (Å²) in [6.07, 6.45) is 0. The number of benzene rings is 2. The molecule has 2 amide bonds. The average molecular weight is 340 g/mol. The number of anilines is 1. The second-order valence-corrected chi connectivity index (χ2v) is 6.13. The molecule has 0 radical (unpaired) electrons. The van der Waals surface area contributed by atoms with Crippen LogP contribution in [-0.4, -0.2) is 25.5 Å². The van der Waals surface area contributed by atoms with E-state index in [9.17, 15) is 9.59 Å². The van der Waals surface area contributed by atoms with Crippen LogP contribution in [0, 0.1) is 5.92 Å². The van der Waals surface area contributed by atoms with Gasteiger partial charge in [-0.2, -0.15) is 0 Å². The average Bonchev–Trinajstić information content (AvgIpc) is 2.61. The third-order valence-electron chi connectivity index (χ3n) is 3.90. The van der Waals surface area contributed by atoms with E-state index in [1.165, 1.54) is 0 Å². The lowest BCUT2D eigenvalue weighted by molar-refractivity contribution is -0.126. The quantitative estimate of drug-likeness (QED) is 0.813. The highest BCUT2D eigenvalue weighted by atomic mass is 16.5. The summed E-state index contributed by atoms with van der Waals surface area (Å²) < 4.78 is 5.15. The van der Waals surface area contributed by atoms with Gasteiger partial charge in [-0.1, -0.05) is 44.2 Å². The summed E-state index contributed by atoms with van der Waals surface area (Å²) in [7, 11) is 1.60. The zero-order chi connectivity index (χ0) is 18.2. The molecule has 0 fully saturated rings. The van der Waals surface area contributed by atoms with Crippen LogP contribution in [0.4, 0.5) is 5.69 Å². The van der Waals surface area contributed by atoms with Gasteiger partial charge in [0.1, 0.15) is 5.75 Å². The van der Waals surface area contributed by atoms with Gasteiger partial charge in [-0.15, -0.1) is 0 Å². The number of amides is 2. The Morgan fingerprint density at radius 3 is 2.20 bits per heavy atom. The Morgan fingerprint density at radius 1 is 1.00 bits per heavy atom. The summed E-state index contributed by atoms with van der Waals surface area (Å²) in [6, 6.07) is 16.6. The molecule has 2 aromatic rings. The maximum atomic E-state index is 12.6. The Morgan fingerprint density at radius 2 is 1.64 bits per heavy atom. The smallest absolute Gasteiger partial charge is 0.243 e. The Kier molecular flexibility index (Phi) is 6.57. The van der Waals surface area contributed by atoms with Crippen LogP contribution in [-0.2, 0) is 9.59 Å². The van der Waals surface area contributed by atoms with Gasteiger partial charge in [-0.3, -0.25) is 9.59 Å². The Hall–Kier alpha value is -2.82. The number of hydrogen-bond acceptors (Lipinski definition) is 3. The van der Waals surface area contributed by atoms with Crippen LogP contribution in [0.2, 0.25) is 0 Å². The SMILES string of the molecule is COc1ccc(C(C(=O)NCC(=O)Nc2ccccc2)C(C)C)cc1. The predicted molar refractivity (Wildman–Crippen MR) is 98.7 cm³/mol. The van der Waals surface area contributed by atoms with Gasteiger partial charge in [0, 0.05) is 5.69 Å². The molecule has 0 bridgehead atoms. The minimum atomic E-state index is -0.324. The van der Waals surface area contributed by atoms with Gasteiger partial charge in [-0.05, 0) is 35.7 Å². The van der Waals surface area contributed by atoms with Crippen molar-refractivity contribution in [3.63, 3.8) is 0 Å². The molecule has 5 heteroatoms. The summed E-state index contributed by atoms with van der Waals surface area (Å²) >= 11 is 0. The molecule has 2 rings (SSSR count). The number of ether oxygens (including phenoxy) is 1. The first kappa shape index (κ1) is 18.5. The second-order valence-electron chi connectivity index (χ2n) is 6.13. The number of carbonyl (C=O) groups is 2. The van der Waals surface area contributed by atoms with Gasteiger partial charge < -0.3 is 15.4 Å². The van der Waals surface area contributed by atoms with E-state index in [4.69, 9.17) is 4.74 Å². The number of nitrogens with one attached hydrogen (secondary N) is 2. The number of para-hydroxylation sites is 1. The normalized spacial score (nSPS) is 11.7. The van der Waals surface area contributed by atoms with E-state index in [-0.39, 0.29) is 30.2 Å². The minimum Gasteiger partial charge on any atom is -0.497 e. The topological polar surface area (TPSA) is 67.4 Å². The van der Waals surface area contributed by atoms with Gasteiger partial charge in [0.2, 0.25) is 11.8 Å². The molecule has 0 aliphatic heterocycles. The van der Waals surface area contributed by atoms with Crippen molar-refractivity contribution in [1.29, 1.82) is 0 Å². The number of hydrogen-bond donors (Lipinski definition) is 2. The lowest BCUT2D eigenvalue weighted by atomic mass is 9.87. The van der Waals surface area contributed by atoms with Crippen molar-refractivity contribution in [3.8, 4) is 5.75 Å². The Labute approximate surface area is 148 Å². The van der Waals surface area contributed by atoms with Crippen molar-refractivity contribution in [2.75, 3.05) is 19.0 Å². The standard InChI is InChI=1S/C20H24N2O3/c1-14(2)19(15-9-11-17(25-3)12-10-15)20(24)21-13-18(23)22-16-7-5-4-6-8-16/h4-12,14,19H,13H2,1-3H3,(H,21,24)(H,22,23). The molecule has 25 heavy (non-hydrogen) atoms. The molecule has 2 aromatic carbocycles. The van der Waals surface area contributed by atoms with Crippen molar-refractivity contribution < 1.29 is 14.3 Å². The van der Waals surface area contributed by atoms with Crippen LogP contribution in [0.15, 0.2) is 54.6 Å². The van der Waals surface area contributed by atoms with E-state index in [1.54, 1.807) is 19.2 Å². The first-order chi connectivity index (χ1) is 12.0. The zero-order valence-corrected chi connectivity index (χ0v) is 14.8. The van der Waals surface area contributed by atoms with Crippen LogP contribution in [0.1, 0.15) is 25.3 Å². The third-order valence-corrected chi connectivity index (χ3v) is 3.90. The van der Waals surface area contributed by atoms with E-state index in [0.717, 1.165) is 11.3 Å². The second kappa shape index (κ2) is 8.87. The molecule has 0 aliphatic rings. The summed E-state index contributed by atoms with van der Waals surface area (Å²) in [5, 5.41) is 5.48. The molecule has 1 unspecified atom stereocenters. The molecule has 0 heterocycles. The maximum absolute atomic E-state index is 12.6. The highest BCUT2D eigenvalue weighted by Crippen LogP contribution is 2.26. The minimum absolute atomic E-state index is 0.0624. The van der Waals surface area contributed by atoms with Gasteiger partial charge >= 0.3 is 0 Å². The highest BCUT2D eigenvalue weighted by molar-refractivity contribution is 5.95. The first-order valence-corrected chi connectivity index (χ1v) is 8.28. The molecule has 1 atom stereocenters. The fraction of sp³-hybridized carbons (Fsp3) is 0.300. The van der Waals surface area contributed by atoms with Crippen LogP contribution < -0.4 is 15.4 Å². The van der Waals surface area contributed by atoms with Crippen molar-refractivity contribution in [3.05, 3.63) is 60.2 Å². The van der Waals surface area contributed by atoms with E-state index < -0.39 is 0 Å². The molecule has 5 nitrogen and oxygen atoms in total. The number of methoxy groups -OCH3 is 1. The molecule has 0 saturated carbocycles.